The van der Waals surface area contributed by atoms with Crippen LogP contribution in [0.3, 0.4) is 0 Å². The summed E-state index contributed by atoms with van der Waals surface area (Å²) in [7, 11) is 0. The van der Waals surface area contributed by atoms with E-state index in [2.05, 4.69) is 22.9 Å². The van der Waals surface area contributed by atoms with Crippen molar-refractivity contribution >= 4 is 21.9 Å². The van der Waals surface area contributed by atoms with E-state index >= 15 is 0 Å². The number of halogens is 1. The van der Waals surface area contributed by atoms with Gasteiger partial charge in [-0.1, -0.05) is 28.9 Å². The Kier molecular flexibility index (Phi) is 4.78. The van der Waals surface area contributed by atoms with Gasteiger partial charge in [0.05, 0.1) is 6.54 Å². The molecule has 0 atom stereocenters. The van der Waals surface area contributed by atoms with Gasteiger partial charge in [0, 0.05) is 4.47 Å². The van der Waals surface area contributed by atoms with E-state index in [0.29, 0.717) is 6.61 Å². The number of carbonyl (C=O) groups is 1. The van der Waals surface area contributed by atoms with E-state index < -0.39 is 0 Å². The smallest absolute Gasteiger partial charge is 0.320 e. The number of aryl methyl sites for hydroxylation is 1. The summed E-state index contributed by atoms with van der Waals surface area (Å²) in [5.41, 5.74) is 7.35. The molecule has 0 bridgehead atoms. The van der Waals surface area contributed by atoms with E-state index in [9.17, 15) is 4.79 Å². The maximum Gasteiger partial charge on any atom is 0.320 e. The Labute approximate surface area is 97.7 Å². The first-order valence-corrected chi connectivity index (χ1v) is 5.59. The minimum absolute atomic E-state index is 0.0714. The minimum Gasteiger partial charge on any atom is -0.460 e. The molecule has 1 aromatic carbocycles. The second-order valence-corrected chi connectivity index (χ2v) is 4.05. The first-order valence-electron chi connectivity index (χ1n) is 4.80. The summed E-state index contributed by atoms with van der Waals surface area (Å²) < 4.78 is 6.02. The average molecular weight is 272 g/mol. The molecule has 1 aromatic rings. The summed E-state index contributed by atoms with van der Waals surface area (Å²) in [4.78, 5) is 10.9. The maximum atomic E-state index is 10.9. The normalized spacial score (nSPS) is 10.1. The van der Waals surface area contributed by atoms with E-state index in [1.165, 1.54) is 5.56 Å². The highest BCUT2D eigenvalue weighted by Gasteiger charge is 2.04. The molecular formula is C11H14BrNO2. The van der Waals surface area contributed by atoms with Crippen LogP contribution in [-0.4, -0.2) is 12.5 Å². The second kappa shape index (κ2) is 5.88. The van der Waals surface area contributed by atoms with Crippen molar-refractivity contribution < 1.29 is 9.53 Å². The molecule has 0 amide bonds. The number of hydrogen-bond donors (Lipinski definition) is 1. The third-order valence-electron chi connectivity index (χ3n) is 2.10. The summed E-state index contributed by atoms with van der Waals surface area (Å²) in [5, 5.41) is 0. The quantitative estimate of drug-likeness (QED) is 0.853. The molecule has 0 spiro atoms. The molecule has 0 unspecified atom stereocenters. The molecule has 15 heavy (non-hydrogen) atoms. The van der Waals surface area contributed by atoms with Crippen LogP contribution in [0.1, 0.15) is 18.1 Å². The number of nitrogens with two attached hydrogens (primary N) is 1. The van der Waals surface area contributed by atoms with Crippen molar-refractivity contribution in [2.75, 3.05) is 6.54 Å². The Morgan fingerprint density at radius 2 is 2.20 bits per heavy atom. The van der Waals surface area contributed by atoms with Crippen LogP contribution in [0.25, 0.3) is 0 Å². The number of hydrogen-bond acceptors (Lipinski definition) is 3. The van der Waals surface area contributed by atoms with E-state index in [4.69, 9.17) is 10.5 Å². The lowest BCUT2D eigenvalue weighted by Crippen LogP contribution is -2.16. The van der Waals surface area contributed by atoms with E-state index in [0.717, 1.165) is 16.5 Å². The molecule has 0 heterocycles. The highest BCUT2D eigenvalue weighted by Crippen LogP contribution is 2.18. The Hall–Kier alpha value is -0.870. The Balaban J connectivity index is 2.72. The fraction of sp³-hybridized carbons (Fsp3) is 0.364. The number of carbonyl (C=O) groups excluding carboxylic acids is 1. The van der Waals surface area contributed by atoms with Crippen LogP contribution in [0.5, 0.6) is 0 Å². The van der Waals surface area contributed by atoms with Crippen LogP contribution < -0.4 is 5.73 Å². The molecule has 1 rings (SSSR count). The van der Waals surface area contributed by atoms with Gasteiger partial charge in [0.15, 0.2) is 0 Å². The molecule has 0 aliphatic carbocycles. The molecule has 0 saturated heterocycles. The van der Waals surface area contributed by atoms with Crippen molar-refractivity contribution in [1.82, 2.24) is 0 Å². The maximum absolute atomic E-state index is 10.9. The predicted octanol–water partition coefficient (Wildman–Crippen LogP) is 2.01. The van der Waals surface area contributed by atoms with Crippen molar-refractivity contribution in [3.63, 3.8) is 0 Å². The van der Waals surface area contributed by atoms with Crippen molar-refractivity contribution in [3.05, 3.63) is 33.8 Å². The van der Waals surface area contributed by atoms with Gasteiger partial charge in [-0.2, -0.15) is 0 Å². The summed E-state index contributed by atoms with van der Waals surface area (Å²) >= 11 is 3.40. The SMILES string of the molecule is CCc1cc(Br)ccc1COC(=O)CN. The van der Waals surface area contributed by atoms with Gasteiger partial charge in [-0.05, 0) is 29.7 Å². The number of benzene rings is 1. The highest BCUT2D eigenvalue weighted by atomic mass is 79.9. The number of rotatable bonds is 4. The van der Waals surface area contributed by atoms with Crippen molar-refractivity contribution in [2.45, 2.75) is 20.0 Å². The lowest BCUT2D eigenvalue weighted by atomic mass is 10.1. The van der Waals surface area contributed by atoms with Gasteiger partial charge in [0.2, 0.25) is 0 Å². The van der Waals surface area contributed by atoms with Gasteiger partial charge < -0.3 is 10.5 Å². The fourth-order valence-corrected chi connectivity index (χ4v) is 1.69. The summed E-state index contributed by atoms with van der Waals surface area (Å²) in [5.74, 6) is -0.375. The molecule has 0 aliphatic rings. The molecule has 3 nitrogen and oxygen atoms in total. The first kappa shape index (κ1) is 12.2. The van der Waals surface area contributed by atoms with Gasteiger partial charge in [-0.3, -0.25) is 4.79 Å². The van der Waals surface area contributed by atoms with Gasteiger partial charge in [0.1, 0.15) is 6.61 Å². The molecule has 0 aromatic heterocycles. The molecule has 0 fully saturated rings. The summed E-state index contributed by atoms with van der Waals surface area (Å²) in [6, 6.07) is 5.92. The topological polar surface area (TPSA) is 52.3 Å². The number of esters is 1. The monoisotopic (exact) mass is 271 g/mol. The Morgan fingerprint density at radius 1 is 1.47 bits per heavy atom. The lowest BCUT2D eigenvalue weighted by Gasteiger charge is -2.08. The van der Waals surface area contributed by atoms with Gasteiger partial charge >= 0.3 is 5.97 Å². The standard InChI is InChI=1S/C11H14BrNO2/c1-2-8-5-10(12)4-3-9(8)7-15-11(14)6-13/h3-5H,2,6-7,13H2,1H3. The Morgan fingerprint density at radius 3 is 2.80 bits per heavy atom. The number of ether oxygens (including phenoxy) is 1. The van der Waals surface area contributed by atoms with Gasteiger partial charge in [-0.15, -0.1) is 0 Å². The van der Waals surface area contributed by atoms with Crippen LogP contribution in [0, 0.1) is 0 Å². The third kappa shape index (κ3) is 3.64. The second-order valence-electron chi connectivity index (χ2n) is 3.13. The van der Waals surface area contributed by atoms with E-state index in [1.807, 2.05) is 18.2 Å². The first-order chi connectivity index (χ1) is 7.17. The molecule has 4 heteroatoms. The summed E-state index contributed by atoms with van der Waals surface area (Å²) in [6.45, 7) is 2.29. The fourth-order valence-electron chi connectivity index (χ4n) is 1.28. The summed E-state index contributed by atoms with van der Waals surface area (Å²) in [6.07, 6.45) is 0.912. The van der Waals surface area contributed by atoms with Gasteiger partial charge in [0.25, 0.3) is 0 Å². The van der Waals surface area contributed by atoms with E-state index in [-0.39, 0.29) is 12.5 Å². The van der Waals surface area contributed by atoms with Crippen molar-refractivity contribution in [3.8, 4) is 0 Å². The molecule has 82 valence electrons. The zero-order valence-electron chi connectivity index (χ0n) is 8.63. The predicted molar refractivity (Wildman–Crippen MR) is 62.4 cm³/mol. The highest BCUT2D eigenvalue weighted by molar-refractivity contribution is 9.10. The third-order valence-corrected chi connectivity index (χ3v) is 2.60. The zero-order valence-corrected chi connectivity index (χ0v) is 10.2. The molecule has 2 N–H and O–H groups in total. The zero-order chi connectivity index (χ0) is 11.3. The van der Waals surface area contributed by atoms with E-state index in [1.54, 1.807) is 0 Å². The molecule has 0 radical (unpaired) electrons. The molecule has 0 aliphatic heterocycles. The van der Waals surface area contributed by atoms with Crippen LogP contribution >= 0.6 is 15.9 Å². The van der Waals surface area contributed by atoms with Crippen molar-refractivity contribution in [1.29, 1.82) is 0 Å². The van der Waals surface area contributed by atoms with Crippen LogP contribution in [-0.2, 0) is 22.6 Å². The lowest BCUT2D eigenvalue weighted by molar-refractivity contribution is -0.143. The minimum atomic E-state index is -0.375. The van der Waals surface area contributed by atoms with Crippen LogP contribution in [0.2, 0.25) is 0 Å². The van der Waals surface area contributed by atoms with Crippen LogP contribution in [0.15, 0.2) is 22.7 Å². The van der Waals surface area contributed by atoms with Crippen molar-refractivity contribution in [2.24, 2.45) is 5.73 Å². The Bertz CT molecular complexity index is 352. The van der Waals surface area contributed by atoms with Crippen LogP contribution in [0.4, 0.5) is 0 Å². The molecule has 0 saturated carbocycles. The average Bonchev–Trinajstić information content (AvgIpc) is 2.26. The largest absolute Gasteiger partial charge is 0.460 e. The molecular weight excluding hydrogens is 258 g/mol. The van der Waals surface area contributed by atoms with Gasteiger partial charge in [-0.25, -0.2) is 0 Å².